The molecule has 0 spiro atoms. The number of hydrogen-bond acceptors (Lipinski definition) is 1. The Labute approximate surface area is 93.5 Å². The first-order chi connectivity index (χ1) is 7.33. The van der Waals surface area contributed by atoms with Crippen LogP contribution in [0.15, 0.2) is 43.5 Å². The van der Waals surface area contributed by atoms with Gasteiger partial charge in [-0.1, -0.05) is 37.3 Å². The summed E-state index contributed by atoms with van der Waals surface area (Å²) in [7, 11) is 1.96. The summed E-state index contributed by atoms with van der Waals surface area (Å²) < 4.78 is 0. The van der Waals surface area contributed by atoms with Crippen molar-refractivity contribution in [1.82, 2.24) is 5.32 Å². The van der Waals surface area contributed by atoms with E-state index in [9.17, 15) is 0 Å². The molecule has 0 aliphatic heterocycles. The molecule has 0 saturated carbocycles. The molecule has 0 atom stereocenters. The minimum Gasteiger partial charge on any atom is -0.388 e. The van der Waals surface area contributed by atoms with Crippen molar-refractivity contribution in [3.8, 4) is 0 Å². The third-order valence-corrected chi connectivity index (χ3v) is 2.25. The zero-order chi connectivity index (χ0) is 11.7. The number of benzene rings is 1. The predicted octanol–water partition coefficient (Wildman–Crippen LogP) is 3.63. The second kappa shape index (κ2) is 7.86. The van der Waals surface area contributed by atoms with E-state index >= 15 is 0 Å². The highest BCUT2D eigenvalue weighted by atomic mass is 14.8. The Bertz CT molecular complexity index is 313. The SMILES string of the molecule is C/C=C(/NC)c1ccccc1CC.C=C. The van der Waals surface area contributed by atoms with Crippen LogP contribution in [0.1, 0.15) is 25.0 Å². The van der Waals surface area contributed by atoms with Crippen LogP contribution in [0, 0.1) is 0 Å². The average Bonchev–Trinajstić information content (AvgIpc) is 2.34. The van der Waals surface area contributed by atoms with Crippen molar-refractivity contribution >= 4 is 5.70 Å². The third-order valence-electron chi connectivity index (χ3n) is 2.25. The molecule has 0 radical (unpaired) electrons. The van der Waals surface area contributed by atoms with E-state index in [1.54, 1.807) is 0 Å². The molecule has 0 fully saturated rings. The van der Waals surface area contributed by atoms with Gasteiger partial charge in [-0.15, -0.1) is 13.2 Å². The van der Waals surface area contributed by atoms with E-state index in [4.69, 9.17) is 0 Å². The summed E-state index contributed by atoms with van der Waals surface area (Å²) in [4.78, 5) is 0. The molecule has 0 saturated heterocycles. The highest BCUT2D eigenvalue weighted by molar-refractivity contribution is 5.66. The summed E-state index contributed by atoms with van der Waals surface area (Å²) in [6, 6.07) is 8.50. The van der Waals surface area contributed by atoms with Gasteiger partial charge in [0.05, 0.1) is 0 Å². The molecule has 1 rings (SSSR count). The summed E-state index contributed by atoms with van der Waals surface area (Å²) in [5.41, 5.74) is 3.91. The lowest BCUT2D eigenvalue weighted by Gasteiger charge is -2.10. The molecule has 1 aromatic carbocycles. The first kappa shape index (κ1) is 13.5. The monoisotopic (exact) mass is 203 g/mol. The molecule has 0 aliphatic rings. The van der Waals surface area contributed by atoms with Crippen LogP contribution in [0.2, 0.25) is 0 Å². The van der Waals surface area contributed by atoms with Gasteiger partial charge < -0.3 is 5.32 Å². The minimum absolute atomic E-state index is 1.08. The van der Waals surface area contributed by atoms with E-state index in [1.807, 2.05) is 7.05 Å². The summed E-state index contributed by atoms with van der Waals surface area (Å²) in [5, 5.41) is 3.20. The topological polar surface area (TPSA) is 12.0 Å². The zero-order valence-corrected chi connectivity index (χ0v) is 10.0. The largest absolute Gasteiger partial charge is 0.388 e. The van der Waals surface area contributed by atoms with E-state index in [0.717, 1.165) is 6.42 Å². The Morgan fingerprint density at radius 3 is 2.40 bits per heavy atom. The fourth-order valence-corrected chi connectivity index (χ4v) is 1.53. The fraction of sp³-hybridized carbons (Fsp3) is 0.286. The summed E-state index contributed by atoms with van der Waals surface area (Å²) in [5.74, 6) is 0. The first-order valence-corrected chi connectivity index (χ1v) is 5.25. The number of rotatable bonds is 3. The van der Waals surface area contributed by atoms with Crippen molar-refractivity contribution < 1.29 is 0 Å². The first-order valence-electron chi connectivity index (χ1n) is 5.25. The molecule has 0 heterocycles. The van der Waals surface area contributed by atoms with E-state index < -0.39 is 0 Å². The Morgan fingerprint density at radius 2 is 1.93 bits per heavy atom. The Balaban J connectivity index is 0.000000921. The number of allylic oxidation sites excluding steroid dienone is 1. The Morgan fingerprint density at radius 1 is 1.33 bits per heavy atom. The van der Waals surface area contributed by atoms with Gasteiger partial charge in [0, 0.05) is 18.3 Å². The maximum Gasteiger partial charge on any atom is 0.0370 e. The van der Waals surface area contributed by atoms with Gasteiger partial charge >= 0.3 is 0 Å². The highest BCUT2D eigenvalue weighted by Gasteiger charge is 2.02. The molecular formula is C14H21N. The second-order valence-electron chi connectivity index (χ2n) is 2.96. The van der Waals surface area contributed by atoms with Crippen molar-refractivity contribution in [3.63, 3.8) is 0 Å². The molecule has 82 valence electrons. The van der Waals surface area contributed by atoms with Gasteiger partial charge in [-0.05, 0) is 18.9 Å². The molecule has 15 heavy (non-hydrogen) atoms. The molecule has 1 heteroatoms. The standard InChI is InChI=1S/C12H17N.C2H4/c1-4-10-8-6-7-9-11(10)12(5-2)13-3;1-2/h5-9,13H,4H2,1-3H3;1-2H2/b12-5+;. The molecule has 1 aromatic rings. The normalized spacial score (nSPS) is 10.2. The van der Waals surface area contributed by atoms with Crippen LogP contribution in [-0.2, 0) is 6.42 Å². The average molecular weight is 203 g/mol. The van der Waals surface area contributed by atoms with Gasteiger partial charge in [0.1, 0.15) is 0 Å². The van der Waals surface area contributed by atoms with E-state index in [-0.39, 0.29) is 0 Å². The van der Waals surface area contributed by atoms with Crippen LogP contribution in [0.5, 0.6) is 0 Å². The van der Waals surface area contributed by atoms with Crippen LogP contribution in [0.4, 0.5) is 0 Å². The number of aryl methyl sites for hydroxylation is 1. The lowest BCUT2D eigenvalue weighted by atomic mass is 10.0. The maximum atomic E-state index is 3.20. The summed E-state index contributed by atoms with van der Waals surface area (Å²) >= 11 is 0. The van der Waals surface area contributed by atoms with Crippen LogP contribution < -0.4 is 5.32 Å². The second-order valence-corrected chi connectivity index (χ2v) is 2.96. The number of hydrogen-bond donors (Lipinski definition) is 1. The van der Waals surface area contributed by atoms with Crippen LogP contribution >= 0.6 is 0 Å². The molecular weight excluding hydrogens is 182 g/mol. The zero-order valence-electron chi connectivity index (χ0n) is 10.0. The molecule has 1 N–H and O–H groups in total. The van der Waals surface area contributed by atoms with Gasteiger partial charge in [0.25, 0.3) is 0 Å². The van der Waals surface area contributed by atoms with Crippen LogP contribution in [0.3, 0.4) is 0 Å². The van der Waals surface area contributed by atoms with E-state index in [1.165, 1.54) is 16.8 Å². The van der Waals surface area contributed by atoms with Crippen molar-refractivity contribution in [2.75, 3.05) is 7.05 Å². The van der Waals surface area contributed by atoms with Crippen molar-refractivity contribution in [1.29, 1.82) is 0 Å². The minimum atomic E-state index is 1.08. The van der Waals surface area contributed by atoms with Crippen molar-refractivity contribution in [2.24, 2.45) is 0 Å². The summed E-state index contributed by atoms with van der Waals surface area (Å²) in [6.07, 6.45) is 3.18. The molecule has 0 bridgehead atoms. The third kappa shape index (κ3) is 3.62. The molecule has 0 aliphatic carbocycles. The van der Waals surface area contributed by atoms with Gasteiger partial charge in [-0.3, -0.25) is 0 Å². The van der Waals surface area contributed by atoms with Crippen molar-refractivity contribution in [3.05, 3.63) is 54.6 Å². The Hall–Kier alpha value is -1.50. The van der Waals surface area contributed by atoms with E-state index in [0.29, 0.717) is 0 Å². The lowest BCUT2D eigenvalue weighted by molar-refractivity contribution is 1.08. The van der Waals surface area contributed by atoms with Crippen LogP contribution in [-0.4, -0.2) is 7.05 Å². The molecule has 0 aromatic heterocycles. The van der Waals surface area contributed by atoms with Crippen LogP contribution in [0.25, 0.3) is 5.70 Å². The van der Waals surface area contributed by atoms with Gasteiger partial charge in [-0.2, -0.15) is 0 Å². The maximum absolute atomic E-state index is 3.20. The summed E-state index contributed by atoms with van der Waals surface area (Å²) in [6.45, 7) is 10.2. The highest BCUT2D eigenvalue weighted by Crippen LogP contribution is 2.16. The Kier molecular flexibility index (Phi) is 7.08. The quantitative estimate of drug-likeness (QED) is 0.740. The number of nitrogens with one attached hydrogen (secondary N) is 1. The van der Waals surface area contributed by atoms with Gasteiger partial charge in [-0.25, -0.2) is 0 Å². The molecule has 0 amide bonds. The van der Waals surface area contributed by atoms with Gasteiger partial charge in [0.2, 0.25) is 0 Å². The lowest BCUT2D eigenvalue weighted by Crippen LogP contribution is -2.06. The smallest absolute Gasteiger partial charge is 0.0370 e. The van der Waals surface area contributed by atoms with Crippen molar-refractivity contribution in [2.45, 2.75) is 20.3 Å². The van der Waals surface area contributed by atoms with Gasteiger partial charge in [0.15, 0.2) is 0 Å². The predicted molar refractivity (Wildman–Crippen MR) is 69.8 cm³/mol. The van der Waals surface area contributed by atoms with E-state index in [2.05, 4.69) is 62.7 Å². The fourth-order valence-electron chi connectivity index (χ4n) is 1.53. The molecule has 0 unspecified atom stereocenters. The molecule has 1 nitrogen and oxygen atoms in total.